The van der Waals surface area contributed by atoms with E-state index in [-0.39, 0.29) is 5.82 Å². The molecule has 2 aromatic carbocycles. The number of nitrogens with zero attached hydrogens (tertiary/aromatic N) is 1. The van der Waals surface area contributed by atoms with Gasteiger partial charge in [-0.25, -0.2) is 4.39 Å². The molecule has 0 bridgehead atoms. The Morgan fingerprint density at radius 2 is 2.00 bits per heavy atom. The molecule has 2 aromatic rings. The molecule has 1 aliphatic rings. The Bertz CT molecular complexity index is 607. The molecule has 0 radical (unpaired) electrons. The van der Waals surface area contributed by atoms with Crippen molar-refractivity contribution in [3.63, 3.8) is 0 Å². The zero-order chi connectivity index (χ0) is 12.4. The molecule has 0 unspecified atom stereocenters. The van der Waals surface area contributed by atoms with Gasteiger partial charge in [0.15, 0.2) is 5.96 Å². The molecule has 0 saturated heterocycles. The van der Waals surface area contributed by atoms with E-state index in [1.165, 1.54) is 6.07 Å². The monoisotopic (exact) mass is 243 g/mol. The predicted octanol–water partition coefficient (Wildman–Crippen LogP) is 2.03. The third-order valence-electron chi connectivity index (χ3n) is 3.08. The van der Waals surface area contributed by atoms with Gasteiger partial charge in [0, 0.05) is 18.5 Å². The van der Waals surface area contributed by atoms with Crippen LogP contribution in [0.5, 0.6) is 0 Å². The van der Waals surface area contributed by atoms with Crippen molar-refractivity contribution in [2.75, 3.05) is 13.1 Å². The lowest BCUT2D eigenvalue weighted by Crippen LogP contribution is -2.33. The fourth-order valence-electron chi connectivity index (χ4n) is 2.17. The van der Waals surface area contributed by atoms with E-state index >= 15 is 0 Å². The maximum absolute atomic E-state index is 13.7. The molecule has 1 aliphatic heterocycles. The second-order valence-electron chi connectivity index (χ2n) is 4.26. The van der Waals surface area contributed by atoms with Crippen molar-refractivity contribution in [3.8, 4) is 0 Å². The molecule has 3 nitrogen and oxygen atoms in total. The number of guanidine groups is 1. The Kier molecular flexibility index (Phi) is 2.84. The highest BCUT2D eigenvalue weighted by Gasteiger charge is 2.07. The molecular weight excluding hydrogens is 229 g/mol. The van der Waals surface area contributed by atoms with E-state index < -0.39 is 0 Å². The highest BCUT2D eigenvalue weighted by atomic mass is 19.1. The molecule has 92 valence electrons. The van der Waals surface area contributed by atoms with Gasteiger partial charge in [0.2, 0.25) is 0 Å². The van der Waals surface area contributed by atoms with Gasteiger partial charge in [-0.3, -0.25) is 4.99 Å². The minimum absolute atomic E-state index is 0.175. The molecule has 4 heteroatoms. The Morgan fingerprint density at radius 1 is 1.17 bits per heavy atom. The van der Waals surface area contributed by atoms with Crippen LogP contribution >= 0.6 is 0 Å². The molecule has 0 aliphatic carbocycles. The lowest BCUT2D eigenvalue weighted by Gasteiger charge is -2.10. The molecule has 1 heterocycles. The smallest absolute Gasteiger partial charge is 0.191 e. The average molecular weight is 243 g/mol. The van der Waals surface area contributed by atoms with Crippen molar-refractivity contribution >= 4 is 16.7 Å². The maximum Gasteiger partial charge on any atom is 0.191 e. The van der Waals surface area contributed by atoms with Gasteiger partial charge < -0.3 is 10.6 Å². The minimum Gasteiger partial charge on any atom is -0.355 e. The molecule has 0 amide bonds. The Labute approximate surface area is 105 Å². The molecule has 0 saturated carbocycles. The molecule has 0 atom stereocenters. The van der Waals surface area contributed by atoms with Crippen LogP contribution in [0.15, 0.2) is 41.4 Å². The summed E-state index contributed by atoms with van der Waals surface area (Å²) in [6.45, 7) is 2.34. The fraction of sp³-hybridized carbons (Fsp3) is 0.214. The molecule has 0 spiro atoms. The highest BCUT2D eigenvalue weighted by Crippen LogP contribution is 2.21. The van der Waals surface area contributed by atoms with Gasteiger partial charge >= 0.3 is 0 Å². The third-order valence-corrected chi connectivity index (χ3v) is 3.08. The van der Waals surface area contributed by atoms with Crippen LogP contribution in [0.3, 0.4) is 0 Å². The lowest BCUT2D eigenvalue weighted by molar-refractivity contribution is 0.639. The van der Waals surface area contributed by atoms with Crippen LogP contribution in [-0.4, -0.2) is 19.0 Å². The lowest BCUT2D eigenvalue weighted by atomic mass is 10.0. The number of hydrogen-bond acceptors (Lipinski definition) is 3. The van der Waals surface area contributed by atoms with Crippen LogP contribution in [0.2, 0.25) is 0 Å². The SMILES string of the molecule is Fc1ccc(CNC2=NCCN2)c2ccccc12. The van der Waals surface area contributed by atoms with E-state index in [9.17, 15) is 4.39 Å². The van der Waals surface area contributed by atoms with Crippen LogP contribution in [0.4, 0.5) is 4.39 Å². The van der Waals surface area contributed by atoms with Crippen LogP contribution in [0.25, 0.3) is 10.8 Å². The summed E-state index contributed by atoms with van der Waals surface area (Å²) in [4.78, 5) is 4.27. The second-order valence-corrected chi connectivity index (χ2v) is 4.26. The Morgan fingerprint density at radius 3 is 2.78 bits per heavy atom. The van der Waals surface area contributed by atoms with Crippen LogP contribution in [0.1, 0.15) is 5.56 Å². The number of benzene rings is 2. The number of fused-ring (bicyclic) bond motifs is 1. The van der Waals surface area contributed by atoms with E-state index in [1.54, 1.807) is 6.07 Å². The number of nitrogens with one attached hydrogen (secondary N) is 2. The largest absolute Gasteiger partial charge is 0.355 e. The van der Waals surface area contributed by atoms with Crippen LogP contribution in [-0.2, 0) is 6.54 Å². The summed E-state index contributed by atoms with van der Waals surface area (Å²) in [5, 5.41) is 7.99. The standard InChI is InChI=1S/C14H14FN3/c15-13-6-5-10(9-18-14-16-7-8-17-14)11-3-1-2-4-12(11)13/h1-6H,7-9H2,(H2,16,17,18). The molecular formula is C14H14FN3. The number of halogens is 1. The van der Waals surface area contributed by atoms with E-state index in [4.69, 9.17) is 0 Å². The van der Waals surface area contributed by atoms with Gasteiger partial charge in [-0.1, -0.05) is 30.3 Å². The van der Waals surface area contributed by atoms with E-state index in [1.807, 2.05) is 24.3 Å². The molecule has 2 N–H and O–H groups in total. The molecule has 0 fully saturated rings. The summed E-state index contributed by atoms with van der Waals surface area (Å²) in [6.07, 6.45) is 0. The van der Waals surface area contributed by atoms with Gasteiger partial charge in [0.25, 0.3) is 0 Å². The normalized spacial score (nSPS) is 14.4. The van der Waals surface area contributed by atoms with Crippen molar-refractivity contribution in [2.24, 2.45) is 4.99 Å². The van der Waals surface area contributed by atoms with Crippen molar-refractivity contribution < 1.29 is 4.39 Å². The maximum atomic E-state index is 13.7. The van der Waals surface area contributed by atoms with Crippen molar-refractivity contribution in [1.29, 1.82) is 0 Å². The highest BCUT2D eigenvalue weighted by molar-refractivity contribution is 5.87. The second kappa shape index (κ2) is 4.64. The summed E-state index contributed by atoms with van der Waals surface area (Å²) in [7, 11) is 0. The Hall–Kier alpha value is -2.10. The predicted molar refractivity (Wildman–Crippen MR) is 71.1 cm³/mol. The molecule has 18 heavy (non-hydrogen) atoms. The number of rotatable bonds is 2. The summed E-state index contributed by atoms with van der Waals surface area (Å²) < 4.78 is 13.7. The minimum atomic E-state index is -0.175. The summed E-state index contributed by atoms with van der Waals surface area (Å²) in [6, 6.07) is 10.9. The number of aliphatic imine (C=N–C) groups is 1. The first-order chi connectivity index (χ1) is 8.84. The van der Waals surface area contributed by atoms with E-state index in [0.717, 1.165) is 30.0 Å². The van der Waals surface area contributed by atoms with Crippen molar-refractivity contribution in [2.45, 2.75) is 6.54 Å². The zero-order valence-corrected chi connectivity index (χ0v) is 9.91. The van der Waals surface area contributed by atoms with Crippen molar-refractivity contribution in [3.05, 3.63) is 47.8 Å². The van der Waals surface area contributed by atoms with Gasteiger partial charge in [0.05, 0.1) is 6.54 Å². The van der Waals surface area contributed by atoms with E-state index in [2.05, 4.69) is 15.6 Å². The summed E-state index contributed by atoms with van der Waals surface area (Å²) in [5.41, 5.74) is 1.07. The average Bonchev–Trinajstić information content (AvgIpc) is 2.92. The third kappa shape index (κ3) is 2.01. The van der Waals surface area contributed by atoms with Gasteiger partial charge in [0.1, 0.15) is 5.82 Å². The first kappa shape index (κ1) is 11.0. The van der Waals surface area contributed by atoms with E-state index in [0.29, 0.717) is 11.9 Å². The molecule has 3 rings (SSSR count). The quantitative estimate of drug-likeness (QED) is 0.846. The number of hydrogen-bond donors (Lipinski definition) is 2. The van der Waals surface area contributed by atoms with Gasteiger partial charge in [-0.15, -0.1) is 0 Å². The summed E-state index contributed by atoms with van der Waals surface area (Å²) >= 11 is 0. The fourth-order valence-corrected chi connectivity index (χ4v) is 2.17. The van der Waals surface area contributed by atoms with Crippen molar-refractivity contribution in [1.82, 2.24) is 10.6 Å². The van der Waals surface area contributed by atoms with Gasteiger partial charge in [-0.2, -0.15) is 0 Å². The van der Waals surface area contributed by atoms with Crippen LogP contribution in [0, 0.1) is 5.82 Å². The van der Waals surface area contributed by atoms with Crippen LogP contribution < -0.4 is 10.6 Å². The van der Waals surface area contributed by atoms with Gasteiger partial charge in [-0.05, 0) is 17.0 Å². The first-order valence-electron chi connectivity index (χ1n) is 6.03. The summed E-state index contributed by atoms with van der Waals surface area (Å²) in [5.74, 6) is 0.647. The topological polar surface area (TPSA) is 36.4 Å². The Balaban J connectivity index is 1.89. The molecule has 0 aromatic heterocycles. The zero-order valence-electron chi connectivity index (χ0n) is 9.91. The first-order valence-corrected chi connectivity index (χ1v) is 6.03.